The van der Waals surface area contributed by atoms with E-state index in [4.69, 9.17) is 5.14 Å². The van der Waals surface area contributed by atoms with Gasteiger partial charge in [0.25, 0.3) is 5.91 Å². The molecular formula is C23H24FN3O3S2. The summed E-state index contributed by atoms with van der Waals surface area (Å²) in [5.74, 6) is -0.430. The molecule has 0 radical (unpaired) electrons. The maximum Gasteiger partial charge on any atom is 0.254 e. The number of halogens is 1. The van der Waals surface area contributed by atoms with Crippen molar-refractivity contribution in [2.75, 3.05) is 26.2 Å². The van der Waals surface area contributed by atoms with E-state index in [9.17, 15) is 17.6 Å². The quantitative estimate of drug-likeness (QED) is 0.615. The standard InChI is InChI=1S/C23H24FN3O3S2/c1-16-5-7-20(32(25,29)30)14-21(16)23(28)27-11-9-26(10-12-27)15-19-6-8-22(31-19)17-3-2-4-18(24)13-17/h2-8,13-14H,9-12,15H2,1H3,(H2,25,29,30). The van der Waals surface area contributed by atoms with Gasteiger partial charge in [-0.05, 0) is 54.4 Å². The molecule has 2 heterocycles. The van der Waals surface area contributed by atoms with Crippen LogP contribution >= 0.6 is 11.3 Å². The van der Waals surface area contributed by atoms with Gasteiger partial charge in [0, 0.05) is 48.0 Å². The zero-order valence-corrected chi connectivity index (χ0v) is 19.3. The number of carbonyl (C=O) groups excluding carboxylic acids is 1. The van der Waals surface area contributed by atoms with Gasteiger partial charge in [-0.15, -0.1) is 11.3 Å². The largest absolute Gasteiger partial charge is 0.336 e. The smallest absolute Gasteiger partial charge is 0.254 e. The third-order valence-corrected chi connectivity index (χ3v) is 7.61. The molecule has 1 saturated heterocycles. The van der Waals surface area contributed by atoms with E-state index in [1.165, 1.54) is 29.1 Å². The lowest BCUT2D eigenvalue weighted by molar-refractivity contribution is 0.0628. The van der Waals surface area contributed by atoms with Crippen LogP contribution < -0.4 is 5.14 Å². The van der Waals surface area contributed by atoms with Crippen LogP contribution in [0.2, 0.25) is 0 Å². The zero-order chi connectivity index (χ0) is 22.9. The summed E-state index contributed by atoms with van der Waals surface area (Å²) in [6.45, 7) is 5.09. The first-order chi connectivity index (χ1) is 15.2. The van der Waals surface area contributed by atoms with Crippen LogP contribution in [0.4, 0.5) is 4.39 Å². The molecule has 1 aromatic heterocycles. The van der Waals surface area contributed by atoms with Gasteiger partial charge >= 0.3 is 0 Å². The van der Waals surface area contributed by atoms with Crippen molar-refractivity contribution in [1.29, 1.82) is 0 Å². The molecule has 3 aromatic rings. The number of primary sulfonamides is 1. The van der Waals surface area contributed by atoms with Crippen molar-refractivity contribution in [1.82, 2.24) is 9.80 Å². The van der Waals surface area contributed by atoms with Crippen LogP contribution in [0.3, 0.4) is 0 Å². The lowest BCUT2D eigenvalue weighted by Gasteiger charge is -2.34. The molecule has 1 aliphatic rings. The summed E-state index contributed by atoms with van der Waals surface area (Å²) < 4.78 is 36.8. The van der Waals surface area contributed by atoms with Crippen molar-refractivity contribution in [3.63, 3.8) is 0 Å². The van der Waals surface area contributed by atoms with Gasteiger partial charge in [0.1, 0.15) is 5.82 Å². The summed E-state index contributed by atoms with van der Waals surface area (Å²) in [5, 5.41) is 5.22. The van der Waals surface area contributed by atoms with Crippen molar-refractivity contribution in [3.8, 4) is 10.4 Å². The number of thiophene rings is 1. The first kappa shape index (κ1) is 22.6. The summed E-state index contributed by atoms with van der Waals surface area (Å²) >= 11 is 1.64. The molecule has 0 spiro atoms. The van der Waals surface area contributed by atoms with Gasteiger partial charge < -0.3 is 4.90 Å². The highest BCUT2D eigenvalue weighted by molar-refractivity contribution is 7.89. The number of sulfonamides is 1. The lowest BCUT2D eigenvalue weighted by Crippen LogP contribution is -2.48. The highest BCUT2D eigenvalue weighted by atomic mass is 32.2. The van der Waals surface area contributed by atoms with Gasteiger partial charge in [0.15, 0.2) is 0 Å². The van der Waals surface area contributed by atoms with Crippen molar-refractivity contribution in [3.05, 3.63) is 76.4 Å². The Morgan fingerprint density at radius 2 is 1.81 bits per heavy atom. The molecule has 9 heteroatoms. The molecular weight excluding hydrogens is 449 g/mol. The molecule has 1 fully saturated rings. The number of hydrogen-bond donors (Lipinski definition) is 1. The van der Waals surface area contributed by atoms with E-state index in [0.29, 0.717) is 37.3 Å². The Bertz CT molecular complexity index is 1250. The van der Waals surface area contributed by atoms with E-state index in [1.54, 1.807) is 35.3 Å². The van der Waals surface area contributed by atoms with Crippen LogP contribution in [-0.2, 0) is 16.6 Å². The minimum atomic E-state index is -3.87. The minimum Gasteiger partial charge on any atom is -0.336 e. The molecule has 1 aliphatic heterocycles. The molecule has 0 unspecified atom stereocenters. The third kappa shape index (κ3) is 5.07. The number of amides is 1. The van der Waals surface area contributed by atoms with E-state index in [-0.39, 0.29) is 16.6 Å². The van der Waals surface area contributed by atoms with Crippen LogP contribution in [0.15, 0.2) is 59.5 Å². The van der Waals surface area contributed by atoms with Gasteiger partial charge in [0.2, 0.25) is 10.0 Å². The Morgan fingerprint density at radius 1 is 1.06 bits per heavy atom. The second-order valence-corrected chi connectivity index (χ2v) is 10.6. The number of rotatable bonds is 5. The molecule has 2 N–H and O–H groups in total. The third-order valence-electron chi connectivity index (χ3n) is 5.58. The fraction of sp³-hybridized carbons (Fsp3) is 0.261. The van der Waals surface area contributed by atoms with Gasteiger partial charge in [-0.2, -0.15) is 0 Å². The first-order valence-electron chi connectivity index (χ1n) is 10.2. The van der Waals surface area contributed by atoms with Crippen LogP contribution in [0.25, 0.3) is 10.4 Å². The molecule has 0 saturated carbocycles. The Kier molecular flexibility index (Phi) is 6.43. The Labute approximate surface area is 191 Å². The van der Waals surface area contributed by atoms with Crippen LogP contribution in [0.1, 0.15) is 20.8 Å². The van der Waals surface area contributed by atoms with E-state index >= 15 is 0 Å². The Morgan fingerprint density at radius 3 is 2.50 bits per heavy atom. The second-order valence-electron chi connectivity index (χ2n) is 7.87. The number of nitrogens with zero attached hydrogens (tertiary/aromatic N) is 2. The summed E-state index contributed by atoms with van der Waals surface area (Å²) in [7, 11) is -3.87. The summed E-state index contributed by atoms with van der Waals surface area (Å²) in [6.07, 6.45) is 0. The summed E-state index contributed by atoms with van der Waals surface area (Å²) in [4.78, 5) is 19.2. The predicted molar refractivity (Wildman–Crippen MR) is 123 cm³/mol. The fourth-order valence-electron chi connectivity index (χ4n) is 3.77. The normalized spacial score (nSPS) is 15.2. The zero-order valence-electron chi connectivity index (χ0n) is 17.6. The molecule has 32 heavy (non-hydrogen) atoms. The monoisotopic (exact) mass is 473 g/mol. The molecule has 1 amide bonds. The highest BCUT2D eigenvalue weighted by Crippen LogP contribution is 2.29. The highest BCUT2D eigenvalue weighted by Gasteiger charge is 2.24. The molecule has 0 bridgehead atoms. The summed E-state index contributed by atoms with van der Waals surface area (Å²) in [5.41, 5.74) is 1.95. The predicted octanol–water partition coefficient (Wildman–Crippen LogP) is 3.47. The molecule has 0 aliphatic carbocycles. The number of nitrogens with two attached hydrogens (primary N) is 1. The van der Waals surface area contributed by atoms with E-state index in [2.05, 4.69) is 11.0 Å². The average Bonchev–Trinajstić information content (AvgIpc) is 3.22. The van der Waals surface area contributed by atoms with Gasteiger partial charge in [-0.1, -0.05) is 18.2 Å². The molecule has 6 nitrogen and oxygen atoms in total. The molecule has 0 atom stereocenters. The number of benzene rings is 2. The first-order valence-corrected chi connectivity index (χ1v) is 12.6. The van der Waals surface area contributed by atoms with E-state index in [0.717, 1.165) is 17.0 Å². The summed E-state index contributed by atoms with van der Waals surface area (Å²) in [6, 6.07) is 15.0. The maximum atomic E-state index is 13.5. The minimum absolute atomic E-state index is 0.0584. The maximum absolute atomic E-state index is 13.5. The lowest BCUT2D eigenvalue weighted by atomic mass is 10.1. The van der Waals surface area contributed by atoms with Crippen LogP contribution in [-0.4, -0.2) is 50.3 Å². The SMILES string of the molecule is Cc1ccc(S(N)(=O)=O)cc1C(=O)N1CCN(Cc2ccc(-c3cccc(F)c3)s2)CC1. The number of piperazine rings is 1. The molecule has 168 valence electrons. The van der Waals surface area contributed by atoms with E-state index in [1.807, 2.05) is 12.1 Å². The molecule has 2 aromatic carbocycles. The van der Waals surface area contributed by atoms with Crippen LogP contribution in [0.5, 0.6) is 0 Å². The van der Waals surface area contributed by atoms with Crippen molar-refractivity contribution in [2.45, 2.75) is 18.4 Å². The van der Waals surface area contributed by atoms with Crippen LogP contribution in [0, 0.1) is 12.7 Å². The van der Waals surface area contributed by atoms with Crippen molar-refractivity contribution >= 4 is 27.3 Å². The fourth-order valence-corrected chi connectivity index (χ4v) is 5.35. The van der Waals surface area contributed by atoms with Crippen molar-refractivity contribution < 1.29 is 17.6 Å². The second kappa shape index (κ2) is 9.11. The van der Waals surface area contributed by atoms with Gasteiger partial charge in [0.05, 0.1) is 4.90 Å². The average molecular weight is 474 g/mol. The number of hydrogen-bond acceptors (Lipinski definition) is 5. The topological polar surface area (TPSA) is 83.7 Å². The van der Waals surface area contributed by atoms with Gasteiger partial charge in [-0.3, -0.25) is 9.69 Å². The number of carbonyl (C=O) groups is 1. The Balaban J connectivity index is 1.38. The molecule has 4 rings (SSSR count). The van der Waals surface area contributed by atoms with Gasteiger partial charge in [-0.25, -0.2) is 17.9 Å². The Hall–Kier alpha value is -2.59. The number of aryl methyl sites for hydroxylation is 1. The van der Waals surface area contributed by atoms with Crippen molar-refractivity contribution in [2.24, 2.45) is 5.14 Å². The van der Waals surface area contributed by atoms with E-state index < -0.39 is 10.0 Å².